The molecule has 1 atom stereocenters. The number of H-pyrrole nitrogens is 2. The average molecular weight is 461 g/mol. The predicted octanol–water partition coefficient (Wildman–Crippen LogP) is 2.07. The first-order valence-corrected chi connectivity index (χ1v) is 11.2. The predicted molar refractivity (Wildman–Crippen MR) is 119 cm³/mol. The lowest BCUT2D eigenvalue weighted by atomic mass is 10.2. The van der Waals surface area contributed by atoms with Crippen LogP contribution in [-0.4, -0.2) is 53.8 Å². The van der Waals surface area contributed by atoms with Crippen molar-refractivity contribution in [1.29, 1.82) is 0 Å². The Morgan fingerprint density at radius 2 is 1.72 bits per heavy atom. The van der Waals surface area contributed by atoms with Crippen molar-refractivity contribution >= 4 is 38.6 Å². The first kappa shape index (κ1) is 23.2. The van der Waals surface area contributed by atoms with E-state index in [9.17, 15) is 22.8 Å². The summed E-state index contributed by atoms with van der Waals surface area (Å²) in [5.41, 5.74) is 1.15. The minimum absolute atomic E-state index is 0.00852. The van der Waals surface area contributed by atoms with Crippen molar-refractivity contribution in [2.24, 2.45) is 0 Å². The number of nitrogens with one attached hydrogen (secondary N) is 3. The third-order valence-electron chi connectivity index (χ3n) is 4.91. The number of anilines is 1. The molecule has 170 valence electrons. The Bertz CT molecular complexity index is 1330. The molecule has 32 heavy (non-hydrogen) atoms. The number of amides is 1. The van der Waals surface area contributed by atoms with Crippen LogP contribution in [0.25, 0.3) is 11.0 Å². The highest BCUT2D eigenvalue weighted by Gasteiger charge is 2.25. The van der Waals surface area contributed by atoms with Crippen LogP contribution in [0.15, 0.2) is 52.2 Å². The number of sulfonamides is 1. The molecule has 0 aliphatic carbocycles. The number of hydrogen-bond acceptors (Lipinski definition) is 6. The molecule has 1 aromatic heterocycles. The molecule has 0 aliphatic heterocycles. The van der Waals surface area contributed by atoms with Crippen LogP contribution in [0.5, 0.6) is 0 Å². The molecule has 0 saturated carbocycles. The number of benzene rings is 2. The second-order valence-corrected chi connectivity index (χ2v) is 9.52. The molecule has 0 aliphatic rings. The van der Waals surface area contributed by atoms with E-state index in [4.69, 9.17) is 4.74 Å². The van der Waals surface area contributed by atoms with Crippen LogP contribution < -0.4 is 11.0 Å². The molecule has 0 fully saturated rings. The van der Waals surface area contributed by atoms with Crippen molar-refractivity contribution in [3.63, 3.8) is 0 Å². The molecular formula is C21H24N4O6S. The third-order valence-corrected chi connectivity index (χ3v) is 6.94. The molecule has 0 unspecified atom stereocenters. The SMILES string of the molecule is CC(C)N(C)S(=O)(=O)c1cccc(C(=O)O[C@H](C)C(=O)Nc2ccc3[nH]c(=O)[nH]c3c2)c1. The number of aromatic nitrogens is 2. The van der Waals surface area contributed by atoms with Crippen molar-refractivity contribution < 1.29 is 22.7 Å². The molecule has 3 aromatic rings. The highest BCUT2D eigenvalue weighted by molar-refractivity contribution is 7.89. The Hall–Kier alpha value is -3.44. The van der Waals surface area contributed by atoms with Gasteiger partial charge in [0.15, 0.2) is 6.10 Å². The fraction of sp³-hybridized carbons (Fsp3) is 0.286. The standard InChI is InChI=1S/C21H24N4O6S/c1-12(2)25(4)32(29,30)16-7-5-6-14(10-16)20(27)31-13(3)19(26)22-15-8-9-17-18(11-15)24-21(28)23-17/h5-13H,1-4H3,(H,22,26)(H2,23,24,28)/t13-/m1/s1. The van der Waals surface area contributed by atoms with Crippen LogP contribution in [-0.2, 0) is 19.6 Å². The molecular weight excluding hydrogens is 436 g/mol. The van der Waals surface area contributed by atoms with E-state index in [0.717, 1.165) is 0 Å². The zero-order chi connectivity index (χ0) is 23.6. The van der Waals surface area contributed by atoms with Gasteiger partial charge in [0, 0.05) is 18.8 Å². The lowest BCUT2D eigenvalue weighted by molar-refractivity contribution is -0.123. The second-order valence-electron chi connectivity index (χ2n) is 7.52. The first-order valence-electron chi connectivity index (χ1n) is 9.81. The number of nitrogens with zero attached hydrogens (tertiary/aromatic N) is 1. The zero-order valence-corrected chi connectivity index (χ0v) is 18.8. The van der Waals surface area contributed by atoms with Crippen molar-refractivity contribution in [1.82, 2.24) is 14.3 Å². The number of aromatic amines is 2. The van der Waals surface area contributed by atoms with Crippen molar-refractivity contribution in [3.8, 4) is 0 Å². The number of hydrogen-bond donors (Lipinski definition) is 3. The highest BCUT2D eigenvalue weighted by atomic mass is 32.2. The Morgan fingerprint density at radius 1 is 1.03 bits per heavy atom. The van der Waals surface area contributed by atoms with Crippen LogP contribution in [0.4, 0.5) is 5.69 Å². The van der Waals surface area contributed by atoms with E-state index in [-0.39, 0.29) is 22.2 Å². The van der Waals surface area contributed by atoms with Crippen LogP contribution in [0.2, 0.25) is 0 Å². The molecule has 0 saturated heterocycles. The van der Waals surface area contributed by atoms with Gasteiger partial charge in [-0.05, 0) is 57.2 Å². The van der Waals surface area contributed by atoms with Gasteiger partial charge in [0.05, 0.1) is 21.5 Å². The molecule has 0 spiro atoms. The van der Waals surface area contributed by atoms with E-state index >= 15 is 0 Å². The summed E-state index contributed by atoms with van der Waals surface area (Å²) in [6.45, 7) is 4.87. The summed E-state index contributed by atoms with van der Waals surface area (Å²) in [5, 5.41) is 2.61. The molecule has 0 radical (unpaired) electrons. The summed E-state index contributed by atoms with van der Waals surface area (Å²) >= 11 is 0. The molecule has 10 nitrogen and oxygen atoms in total. The van der Waals surface area contributed by atoms with Crippen molar-refractivity contribution in [3.05, 3.63) is 58.5 Å². The number of ether oxygens (including phenoxy) is 1. The normalized spacial score (nSPS) is 12.8. The largest absolute Gasteiger partial charge is 0.449 e. The van der Waals surface area contributed by atoms with Gasteiger partial charge in [-0.2, -0.15) is 4.31 Å². The minimum atomic E-state index is -3.78. The first-order chi connectivity index (χ1) is 15.0. The fourth-order valence-electron chi connectivity index (χ4n) is 2.86. The number of fused-ring (bicyclic) bond motifs is 1. The van der Waals surface area contributed by atoms with Gasteiger partial charge in [-0.3, -0.25) is 4.79 Å². The summed E-state index contributed by atoms with van der Waals surface area (Å²) in [7, 11) is -2.32. The molecule has 3 N–H and O–H groups in total. The van der Waals surface area contributed by atoms with E-state index in [0.29, 0.717) is 16.7 Å². The zero-order valence-electron chi connectivity index (χ0n) is 18.0. The topological polar surface area (TPSA) is 141 Å². The van der Waals surface area contributed by atoms with Gasteiger partial charge in [0.25, 0.3) is 5.91 Å². The molecule has 1 amide bonds. The van der Waals surface area contributed by atoms with Gasteiger partial charge in [0.2, 0.25) is 10.0 Å². The highest BCUT2D eigenvalue weighted by Crippen LogP contribution is 2.19. The minimum Gasteiger partial charge on any atom is -0.449 e. The number of rotatable bonds is 7. The number of carbonyl (C=O) groups excluding carboxylic acids is 2. The average Bonchev–Trinajstić information content (AvgIpc) is 3.12. The van der Waals surface area contributed by atoms with Crippen LogP contribution in [0.3, 0.4) is 0 Å². The molecule has 3 rings (SSSR count). The molecule has 11 heteroatoms. The maximum atomic E-state index is 12.7. The summed E-state index contributed by atoms with van der Waals surface area (Å²) in [6, 6.07) is 9.99. The van der Waals surface area contributed by atoms with Crippen LogP contribution in [0.1, 0.15) is 31.1 Å². The van der Waals surface area contributed by atoms with E-state index in [2.05, 4.69) is 15.3 Å². The van der Waals surface area contributed by atoms with E-state index in [1.807, 2.05) is 0 Å². The lowest BCUT2D eigenvalue weighted by Crippen LogP contribution is -2.33. The molecule has 1 heterocycles. The van der Waals surface area contributed by atoms with Crippen molar-refractivity contribution in [2.75, 3.05) is 12.4 Å². The maximum absolute atomic E-state index is 12.7. The van der Waals surface area contributed by atoms with Gasteiger partial charge < -0.3 is 20.0 Å². The van der Waals surface area contributed by atoms with Gasteiger partial charge >= 0.3 is 11.7 Å². The molecule has 2 aromatic carbocycles. The second kappa shape index (κ2) is 8.97. The Kier molecular flexibility index (Phi) is 6.51. The number of imidazole rings is 1. The lowest BCUT2D eigenvalue weighted by Gasteiger charge is -2.21. The Morgan fingerprint density at radius 3 is 2.41 bits per heavy atom. The quantitative estimate of drug-likeness (QED) is 0.461. The fourth-order valence-corrected chi connectivity index (χ4v) is 4.28. The monoisotopic (exact) mass is 460 g/mol. The number of carbonyl (C=O) groups is 2. The Labute approximate surface area is 184 Å². The van der Waals surface area contributed by atoms with E-state index < -0.39 is 28.0 Å². The molecule has 0 bridgehead atoms. The van der Waals surface area contributed by atoms with Gasteiger partial charge in [-0.15, -0.1) is 0 Å². The van der Waals surface area contributed by atoms with Gasteiger partial charge in [-0.25, -0.2) is 18.0 Å². The van der Waals surface area contributed by atoms with Crippen molar-refractivity contribution in [2.45, 2.75) is 37.8 Å². The summed E-state index contributed by atoms with van der Waals surface area (Å²) in [4.78, 5) is 41.4. The maximum Gasteiger partial charge on any atom is 0.338 e. The summed E-state index contributed by atoms with van der Waals surface area (Å²) in [6.07, 6.45) is -1.15. The van der Waals surface area contributed by atoms with E-state index in [1.165, 1.54) is 42.5 Å². The van der Waals surface area contributed by atoms with Gasteiger partial charge in [-0.1, -0.05) is 6.07 Å². The summed E-state index contributed by atoms with van der Waals surface area (Å²) in [5.74, 6) is -1.42. The summed E-state index contributed by atoms with van der Waals surface area (Å²) < 4.78 is 31.7. The van der Waals surface area contributed by atoms with Gasteiger partial charge in [0.1, 0.15) is 0 Å². The smallest absolute Gasteiger partial charge is 0.338 e. The third kappa shape index (κ3) is 4.89. The Balaban J connectivity index is 1.70. The van der Waals surface area contributed by atoms with Crippen LogP contribution in [0, 0.1) is 0 Å². The van der Waals surface area contributed by atoms with Crippen LogP contribution >= 0.6 is 0 Å². The van der Waals surface area contributed by atoms with E-state index in [1.54, 1.807) is 32.0 Å². The number of esters is 1.